The molecule has 0 unspecified atom stereocenters. The zero-order chi connectivity index (χ0) is 17.6. The van der Waals surface area contributed by atoms with E-state index < -0.39 is 0 Å². The number of fused-ring (bicyclic) bond motifs is 1. The third-order valence-electron chi connectivity index (χ3n) is 4.23. The molecule has 0 saturated carbocycles. The third-order valence-corrected chi connectivity index (χ3v) is 4.23. The molecule has 0 fully saturated rings. The fraction of sp³-hybridized carbons (Fsp3) is 0.238. The molecular formula is C21H23N2O2+. The standard InChI is InChI=1S/C21H22N2O2/c1-3-25-21(24)18-14-23-19-15(2)8-7-11-17(19)20(18)22-13-12-16-9-5-4-6-10-16/h4-11,14H,3,12-13H2,1-2H3,(H,22,23)/p+1. The lowest BCUT2D eigenvalue weighted by atomic mass is 10.1. The predicted molar refractivity (Wildman–Crippen MR) is 99.8 cm³/mol. The van der Waals surface area contributed by atoms with Crippen LogP contribution in [0.4, 0.5) is 5.69 Å². The monoisotopic (exact) mass is 335 g/mol. The van der Waals surface area contributed by atoms with E-state index >= 15 is 0 Å². The Balaban J connectivity index is 1.93. The van der Waals surface area contributed by atoms with E-state index in [0.29, 0.717) is 12.2 Å². The number of aromatic amines is 1. The number of rotatable bonds is 6. The van der Waals surface area contributed by atoms with E-state index in [9.17, 15) is 4.79 Å². The Morgan fingerprint density at radius 3 is 2.68 bits per heavy atom. The Labute approximate surface area is 147 Å². The maximum atomic E-state index is 12.3. The second-order valence-corrected chi connectivity index (χ2v) is 5.96. The molecule has 0 bridgehead atoms. The number of hydrogen-bond acceptors (Lipinski definition) is 3. The highest BCUT2D eigenvalue weighted by atomic mass is 16.5. The van der Waals surface area contributed by atoms with Crippen molar-refractivity contribution in [3.63, 3.8) is 0 Å². The van der Waals surface area contributed by atoms with E-state index in [1.165, 1.54) is 5.56 Å². The van der Waals surface area contributed by atoms with Crippen LogP contribution in [0.3, 0.4) is 0 Å². The molecule has 0 aliphatic carbocycles. The zero-order valence-electron chi connectivity index (χ0n) is 14.6. The first-order valence-corrected chi connectivity index (χ1v) is 8.59. The molecule has 0 aliphatic rings. The number of H-pyrrole nitrogens is 1. The minimum atomic E-state index is -0.315. The Hall–Kier alpha value is -2.88. The lowest BCUT2D eigenvalue weighted by Crippen LogP contribution is -2.17. The SMILES string of the molecule is CCOC(=O)c1c[nH+]c2c(C)cccc2c1NCCc1ccccc1. The van der Waals surface area contributed by atoms with Gasteiger partial charge in [-0.2, -0.15) is 0 Å². The summed E-state index contributed by atoms with van der Waals surface area (Å²) >= 11 is 0. The third kappa shape index (κ3) is 3.79. The summed E-state index contributed by atoms with van der Waals surface area (Å²) in [5.74, 6) is -0.315. The first kappa shape index (κ1) is 17.0. The molecule has 3 aromatic rings. The number of benzene rings is 2. The van der Waals surface area contributed by atoms with Crippen molar-refractivity contribution < 1.29 is 14.5 Å². The molecular weight excluding hydrogens is 312 g/mol. The minimum absolute atomic E-state index is 0.315. The Bertz CT molecular complexity index is 876. The molecule has 25 heavy (non-hydrogen) atoms. The summed E-state index contributed by atoms with van der Waals surface area (Å²) < 4.78 is 5.21. The highest BCUT2D eigenvalue weighted by Gasteiger charge is 2.20. The minimum Gasteiger partial charge on any atom is -0.462 e. The lowest BCUT2D eigenvalue weighted by Gasteiger charge is -2.12. The van der Waals surface area contributed by atoms with Crippen LogP contribution < -0.4 is 10.3 Å². The van der Waals surface area contributed by atoms with Crippen molar-refractivity contribution in [3.05, 3.63) is 71.4 Å². The summed E-state index contributed by atoms with van der Waals surface area (Å²) in [5.41, 5.74) is 4.78. The smallest absolute Gasteiger partial charge is 0.346 e. The average Bonchev–Trinajstić information content (AvgIpc) is 2.63. The van der Waals surface area contributed by atoms with E-state index in [1.54, 1.807) is 6.20 Å². The number of aryl methyl sites for hydroxylation is 1. The van der Waals surface area contributed by atoms with E-state index in [0.717, 1.165) is 35.1 Å². The molecule has 4 heteroatoms. The van der Waals surface area contributed by atoms with Crippen LogP contribution in [0.15, 0.2) is 54.7 Å². The van der Waals surface area contributed by atoms with Gasteiger partial charge < -0.3 is 10.1 Å². The number of aromatic nitrogens is 1. The molecule has 0 radical (unpaired) electrons. The fourth-order valence-electron chi connectivity index (χ4n) is 2.97. The molecule has 3 rings (SSSR count). The van der Waals surface area contributed by atoms with E-state index in [4.69, 9.17) is 4.74 Å². The summed E-state index contributed by atoms with van der Waals surface area (Å²) in [4.78, 5) is 15.6. The van der Waals surface area contributed by atoms with Crippen LogP contribution >= 0.6 is 0 Å². The Kier molecular flexibility index (Phi) is 5.29. The quantitative estimate of drug-likeness (QED) is 0.697. The molecule has 1 aromatic heterocycles. The molecule has 2 aromatic carbocycles. The predicted octanol–water partition coefficient (Wildman–Crippen LogP) is 3.79. The molecule has 0 saturated heterocycles. The first-order chi connectivity index (χ1) is 12.2. The van der Waals surface area contributed by atoms with Gasteiger partial charge in [-0.25, -0.2) is 9.78 Å². The van der Waals surface area contributed by atoms with Gasteiger partial charge in [0.25, 0.3) is 0 Å². The van der Waals surface area contributed by atoms with Crippen LogP contribution in [0.5, 0.6) is 0 Å². The van der Waals surface area contributed by atoms with Crippen LogP contribution in [-0.4, -0.2) is 19.1 Å². The van der Waals surface area contributed by atoms with Crippen molar-refractivity contribution in [2.24, 2.45) is 0 Å². The number of hydrogen-bond donors (Lipinski definition) is 1. The van der Waals surface area contributed by atoms with Crippen LogP contribution in [0.2, 0.25) is 0 Å². The molecule has 2 N–H and O–H groups in total. The van der Waals surface area contributed by atoms with Crippen molar-refractivity contribution in [3.8, 4) is 0 Å². The second-order valence-electron chi connectivity index (χ2n) is 5.96. The molecule has 0 amide bonds. The maximum Gasteiger partial charge on any atom is 0.346 e. The maximum absolute atomic E-state index is 12.3. The van der Waals surface area contributed by atoms with Gasteiger partial charge in [0.05, 0.1) is 17.7 Å². The highest BCUT2D eigenvalue weighted by molar-refractivity contribution is 6.04. The number of esters is 1. The normalized spacial score (nSPS) is 10.6. The van der Waals surface area contributed by atoms with Crippen molar-refractivity contribution in [1.29, 1.82) is 0 Å². The zero-order valence-corrected chi connectivity index (χ0v) is 14.6. The highest BCUT2D eigenvalue weighted by Crippen LogP contribution is 2.26. The second kappa shape index (κ2) is 7.79. The molecule has 0 aliphatic heterocycles. The first-order valence-electron chi connectivity index (χ1n) is 8.59. The van der Waals surface area contributed by atoms with Crippen molar-refractivity contribution >= 4 is 22.6 Å². The van der Waals surface area contributed by atoms with Gasteiger partial charge in [0.15, 0.2) is 6.20 Å². The number of para-hydroxylation sites is 1. The van der Waals surface area contributed by atoms with E-state index in [-0.39, 0.29) is 5.97 Å². The van der Waals surface area contributed by atoms with Gasteiger partial charge in [-0.15, -0.1) is 0 Å². The topological polar surface area (TPSA) is 52.5 Å². The summed E-state index contributed by atoms with van der Waals surface area (Å²) in [6.45, 7) is 4.96. The van der Waals surface area contributed by atoms with E-state index in [2.05, 4.69) is 35.4 Å². The van der Waals surface area contributed by atoms with Crippen LogP contribution in [0.25, 0.3) is 10.9 Å². The molecule has 0 spiro atoms. The summed E-state index contributed by atoms with van der Waals surface area (Å²) in [6.07, 6.45) is 2.62. The molecule has 0 atom stereocenters. The van der Waals surface area contributed by atoms with Crippen molar-refractivity contribution in [2.75, 3.05) is 18.5 Å². The van der Waals surface area contributed by atoms with E-state index in [1.807, 2.05) is 37.3 Å². The lowest BCUT2D eigenvalue weighted by molar-refractivity contribution is -0.345. The molecule has 128 valence electrons. The summed E-state index contributed by atoms with van der Waals surface area (Å²) in [7, 11) is 0. The average molecular weight is 335 g/mol. The van der Waals surface area contributed by atoms with Crippen molar-refractivity contribution in [1.82, 2.24) is 0 Å². The fourth-order valence-corrected chi connectivity index (χ4v) is 2.97. The van der Waals surface area contributed by atoms with Gasteiger partial charge in [0.2, 0.25) is 5.52 Å². The van der Waals surface area contributed by atoms with Gasteiger partial charge in [0, 0.05) is 12.1 Å². The van der Waals surface area contributed by atoms with Crippen LogP contribution in [0, 0.1) is 6.92 Å². The van der Waals surface area contributed by atoms with Gasteiger partial charge in [-0.1, -0.05) is 42.5 Å². The van der Waals surface area contributed by atoms with Crippen molar-refractivity contribution in [2.45, 2.75) is 20.3 Å². The summed E-state index contributed by atoms with van der Waals surface area (Å²) in [5, 5.41) is 4.45. The van der Waals surface area contributed by atoms with Gasteiger partial charge in [-0.05, 0) is 31.9 Å². The van der Waals surface area contributed by atoms with Gasteiger partial charge in [-0.3, -0.25) is 0 Å². The largest absolute Gasteiger partial charge is 0.462 e. The Morgan fingerprint density at radius 1 is 1.12 bits per heavy atom. The van der Waals surface area contributed by atoms with Crippen LogP contribution in [0.1, 0.15) is 28.4 Å². The number of ether oxygens (including phenoxy) is 1. The summed E-state index contributed by atoms with van der Waals surface area (Å²) in [6, 6.07) is 16.4. The Morgan fingerprint density at radius 2 is 1.92 bits per heavy atom. The van der Waals surface area contributed by atoms with Gasteiger partial charge in [0.1, 0.15) is 5.56 Å². The number of anilines is 1. The molecule has 4 nitrogen and oxygen atoms in total. The number of nitrogens with one attached hydrogen (secondary N) is 2. The van der Waals surface area contributed by atoms with Crippen LogP contribution in [-0.2, 0) is 11.2 Å². The number of carbonyl (C=O) groups excluding carboxylic acids is 1. The van der Waals surface area contributed by atoms with Gasteiger partial charge >= 0.3 is 5.97 Å². The number of carbonyl (C=O) groups is 1. The molecule has 1 heterocycles. The number of pyridine rings is 1.